The molecule has 0 saturated carbocycles. The van der Waals surface area contributed by atoms with Gasteiger partial charge in [0.15, 0.2) is 0 Å². The van der Waals surface area contributed by atoms with Gasteiger partial charge in [-0.15, -0.1) is 5.10 Å². The summed E-state index contributed by atoms with van der Waals surface area (Å²) in [5, 5.41) is 7.85. The highest BCUT2D eigenvalue weighted by molar-refractivity contribution is 8.00. The van der Waals surface area contributed by atoms with Crippen LogP contribution >= 0.6 is 11.8 Å². The van der Waals surface area contributed by atoms with Gasteiger partial charge in [0, 0.05) is 22.8 Å². The molecule has 1 aromatic carbocycles. The van der Waals surface area contributed by atoms with E-state index in [4.69, 9.17) is 0 Å². The SMILES string of the molecule is CCCc1nc(SCCS(=O)c2cc(C)ccc2C)n[nH]1. The second-order valence-corrected chi connectivity index (χ2v) is 7.58. The summed E-state index contributed by atoms with van der Waals surface area (Å²) in [5.41, 5.74) is 2.24. The number of aromatic nitrogens is 3. The molecule has 1 aromatic heterocycles. The zero-order valence-electron chi connectivity index (χ0n) is 12.7. The Bertz CT molecular complexity index is 625. The van der Waals surface area contributed by atoms with Crippen LogP contribution in [0.4, 0.5) is 0 Å². The van der Waals surface area contributed by atoms with Crippen molar-refractivity contribution < 1.29 is 4.21 Å². The lowest BCUT2D eigenvalue weighted by atomic mass is 10.2. The molecular weight excluding hydrogens is 302 g/mol. The minimum atomic E-state index is -0.962. The van der Waals surface area contributed by atoms with Crippen LogP contribution in [0, 0.1) is 13.8 Å². The lowest BCUT2D eigenvalue weighted by molar-refractivity contribution is 0.683. The summed E-state index contributed by atoms with van der Waals surface area (Å²) < 4.78 is 12.4. The molecule has 2 rings (SSSR count). The molecule has 0 spiro atoms. The van der Waals surface area contributed by atoms with Crippen molar-refractivity contribution in [3.8, 4) is 0 Å². The van der Waals surface area contributed by atoms with E-state index in [2.05, 4.69) is 22.1 Å². The van der Waals surface area contributed by atoms with Crippen LogP contribution in [-0.2, 0) is 17.2 Å². The molecule has 0 saturated heterocycles. The number of nitrogens with zero attached hydrogens (tertiary/aromatic N) is 2. The fourth-order valence-electron chi connectivity index (χ4n) is 1.96. The average Bonchev–Trinajstić information content (AvgIpc) is 2.89. The minimum absolute atomic E-state index is 0.618. The quantitative estimate of drug-likeness (QED) is 0.795. The molecule has 4 nitrogen and oxygen atoms in total. The van der Waals surface area contributed by atoms with E-state index in [0.717, 1.165) is 45.6 Å². The van der Waals surface area contributed by atoms with Crippen LogP contribution in [0.3, 0.4) is 0 Å². The molecule has 0 aliphatic heterocycles. The summed E-state index contributed by atoms with van der Waals surface area (Å²) in [6.45, 7) is 6.15. The first-order chi connectivity index (χ1) is 10.1. The number of aryl methyl sites for hydroxylation is 3. The predicted octanol–water partition coefficient (Wildman–Crippen LogP) is 3.27. The molecule has 6 heteroatoms. The summed E-state index contributed by atoms with van der Waals surface area (Å²) in [6, 6.07) is 6.10. The van der Waals surface area contributed by atoms with Crippen LogP contribution in [-0.4, -0.2) is 30.9 Å². The zero-order valence-corrected chi connectivity index (χ0v) is 14.3. The number of thioether (sulfide) groups is 1. The van der Waals surface area contributed by atoms with Crippen molar-refractivity contribution in [2.24, 2.45) is 0 Å². The van der Waals surface area contributed by atoms with E-state index in [0.29, 0.717) is 5.75 Å². The van der Waals surface area contributed by atoms with Crippen molar-refractivity contribution >= 4 is 22.6 Å². The Labute approximate surface area is 132 Å². The van der Waals surface area contributed by atoms with Gasteiger partial charge in [0.05, 0.1) is 10.8 Å². The van der Waals surface area contributed by atoms with Gasteiger partial charge >= 0.3 is 0 Å². The summed E-state index contributed by atoms with van der Waals surface area (Å²) in [7, 11) is -0.962. The molecule has 1 heterocycles. The first-order valence-electron chi connectivity index (χ1n) is 7.10. The lowest BCUT2D eigenvalue weighted by Crippen LogP contribution is -2.03. The molecule has 1 atom stereocenters. The zero-order chi connectivity index (χ0) is 15.2. The third-order valence-corrected chi connectivity index (χ3v) is 5.70. The van der Waals surface area contributed by atoms with Gasteiger partial charge in [-0.25, -0.2) is 4.98 Å². The molecular formula is C15H21N3OS2. The molecule has 21 heavy (non-hydrogen) atoms. The van der Waals surface area contributed by atoms with Gasteiger partial charge in [-0.2, -0.15) is 0 Å². The third-order valence-electron chi connectivity index (χ3n) is 3.09. The van der Waals surface area contributed by atoms with Crippen LogP contribution < -0.4 is 0 Å². The highest BCUT2D eigenvalue weighted by Gasteiger charge is 2.09. The van der Waals surface area contributed by atoms with Crippen LogP contribution in [0.25, 0.3) is 0 Å². The van der Waals surface area contributed by atoms with Crippen molar-refractivity contribution in [2.75, 3.05) is 11.5 Å². The number of aromatic amines is 1. The van der Waals surface area contributed by atoms with Crippen molar-refractivity contribution in [1.82, 2.24) is 15.2 Å². The van der Waals surface area contributed by atoms with E-state index in [1.165, 1.54) is 0 Å². The fraction of sp³-hybridized carbons (Fsp3) is 0.467. The number of hydrogen-bond acceptors (Lipinski definition) is 4. The van der Waals surface area contributed by atoms with Gasteiger partial charge in [0.2, 0.25) is 5.16 Å². The molecule has 1 N–H and O–H groups in total. The van der Waals surface area contributed by atoms with Gasteiger partial charge in [-0.05, 0) is 37.5 Å². The van der Waals surface area contributed by atoms with Crippen LogP contribution in [0.15, 0.2) is 28.3 Å². The van der Waals surface area contributed by atoms with E-state index in [9.17, 15) is 4.21 Å². The minimum Gasteiger partial charge on any atom is -0.262 e. The highest BCUT2D eigenvalue weighted by atomic mass is 32.2. The topological polar surface area (TPSA) is 58.6 Å². The Balaban J connectivity index is 1.87. The highest BCUT2D eigenvalue weighted by Crippen LogP contribution is 2.18. The third kappa shape index (κ3) is 4.68. The molecule has 0 radical (unpaired) electrons. The Morgan fingerprint density at radius 2 is 2.14 bits per heavy atom. The summed E-state index contributed by atoms with van der Waals surface area (Å²) in [6.07, 6.45) is 1.97. The van der Waals surface area contributed by atoms with E-state index in [1.54, 1.807) is 11.8 Å². The molecule has 114 valence electrons. The molecule has 0 aliphatic carbocycles. The lowest BCUT2D eigenvalue weighted by Gasteiger charge is -2.06. The molecule has 1 unspecified atom stereocenters. The number of rotatable bonds is 7. The standard InChI is InChI=1S/C15H21N3OS2/c1-4-5-14-16-15(18-17-14)20-8-9-21(19)13-10-11(2)6-7-12(13)3/h6-7,10H,4-5,8-9H2,1-3H3,(H,16,17,18). The summed E-state index contributed by atoms with van der Waals surface area (Å²) in [4.78, 5) is 5.34. The largest absolute Gasteiger partial charge is 0.262 e. The van der Waals surface area contributed by atoms with Gasteiger partial charge in [-0.1, -0.05) is 30.8 Å². The van der Waals surface area contributed by atoms with E-state index in [-0.39, 0.29) is 0 Å². The predicted molar refractivity (Wildman–Crippen MR) is 88.3 cm³/mol. The maximum Gasteiger partial charge on any atom is 0.208 e. The Morgan fingerprint density at radius 1 is 1.33 bits per heavy atom. The number of nitrogens with one attached hydrogen (secondary N) is 1. The van der Waals surface area contributed by atoms with Gasteiger partial charge < -0.3 is 0 Å². The van der Waals surface area contributed by atoms with Crippen molar-refractivity contribution in [1.29, 1.82) is 0 Å². The van der Waals surface area contributed by atoms with E-state index >= 15 is 0 Å². The van der Waals surface area contributed by atoms with Crippen molar-refractivity contribution in [3.05, 3.63) is 35.2 Å². The maximum atomic E-state index is 12.4. The Kier molecular flexibility index (Phi) is 5.99. The molecule has 0 amide bonds. The van der Waals surface area contributed by atoms with Crippen LogP contribution in [0.1, 0.15) is 30.3 Å². The Hall–Kier alpha value is -1.14. The van der Waals surface area contributed by atoms with E-state index < -0.39 is 10.8 Å². The molecule has 0 fully saturated rings. The monoisotopic (exact) mass is 323 g/mol. The smallest absolute Gasteiger partial charge is 0.208 e. The van der Waals surface area contributed by atoms with Crippen LogP contribution in [0.5, 0.6) is 0 Å². The molecule has 0 bridgehead atoms. The van der Waals surface area contributed by atoms with Crippen LogP contribution in [0.2, 0.25) is 0 Å². The van der Waals surface area contributed by atoms with Gasteiger partial charge in [-0.3, -0.25) is 9.31 Å². The molecule has 2 aromatic rings. The average molecular weight is 323 g/mol. The fourth-order valence-corrected chi connectivity index (χ4v) is 4.33. The first-order valence-corrected chi connectivity index (χ1v) is 9.40. The Morgan fingerprint density at radius 3 is 2.90 bits per heavy atom. The van der Waals surface area contributed by atoms with Gasteiger partial charge in [0.25, 0.3) is 0 Å². The maximum absolute atomic E-state index is 12.4. The second-order valence-electron chi connectivity index (χ2n) is 4.98. The summed E-state index contributed by atoms with van der Waals surface area (Å²) in [5.74, 6) is 2.30. The second kappa shape index (κ2) is 7.75. The molecule has 0 aliphatic rings. The van der Waals surface area contributed by atoms with E-state index in [1.807, 2.05) is 32.0 Å². The normalized spacial score (nSPS) is 12.5. The first kappa shape index (κ1) is 16.2. The number of benzene rings is 1. The summed E-state index contributed by atoms with van der Waals surface area (Å²) >= 11 is 1.55. The van der Waals surface area contributed by atoms with Gasteiger partial charge in [0.1, 0.15) is 5.82 Å². The number of hydrogen-bond donors (Lipinski definition) is 1. The number of H-pyrrole nitrogens is 1. The van der Waals surface area contributed by atoms with Crippen molar-refractivity contribution in [2.45, 2.75) is 43.7 Å². The van der Waals surface area contributed by atoms with Crippen molar-refractivity contribution in [3.63, 3.8) is 0 Å².